The smallest absolute Gasteiger partial charge is 1.00 e. The molecule has 0 aliphatic carbocycles. The fraction of sp³-hybridized carbons (Fsp3) is 0.667. The van der Waals surface area contributed by atoms with Gasteiger partial charge >= 0.3 is 34.9 Å². The van der Waals surface area contributed by atoms with Crippen molar-refractivity contribution in [3.05, 3.63) is 0 Å². The van der Waals surface area contributed by atoms with E-state index in [0.29, 0.717) is 0 Å². The van der Waals surface area contributed by atoms with Gasteiger partial charge in [-0.05, 0) is 0 Å². The van der Waals surface area contributed by atoms with Gasteiger partial charge in [0.1, 0.15) is 0 Å². The van der Waals surface area contributed by atoms with Crippen LogP contribution in [0.15, 0.2) is 0 Å². The van der Waals surface area contributed by atoms with Crippen LogP contribution in [0.2, 0.25) is 0 Å². The maximum absolute atomic E-state index is 9.89. The van der Waals surface area contributed by atoms with Gasteiger partial charge in [0, 0.05) is 6.92 Å². The first-order valence-corrected chi connectivity index (χ1v) is 3.61. The van der Waals surface area contributed by atoms with E-state index in [9.17, 15) is 13.2 Å². The summed E-state index contributed by atoms with van der Waals surface area (Å²) in [4.78, 5) is 9.89. The van der Waals surface area contributed by atoms with Crippen molar-refractivity contribution in [2.75, 3.05) is 5.94 Å². The molecule has 0 bridgehead atoms. The van der Waals surface area contributed by atoms with Crippen molar-refractivity contribution in [3.63, 3.8) is 0 Å². The molecule has 0 aromatic rings. The molecule has 0 fully saturated rings. The van der Waals surface area contributed by atoms with Crippen LogP contribution in [-0.2, 0) is 19.6 Å². The molecular weight excluding hydrogens is 155 g/mol. The number of hydrogen-bond donors (Lipinski definition) is 1. The molecule has 0 saturated heterocycles. The quantitative estimate of drug-likeness (QED) is 0.259. The number of rotatable bonds is 2. The molecule has 0 aromatic carbocycles. The van der Waals surface area contributed by atoms with E-state index in [1.165, 1.54) is 0 Å². The van der Waals surface area contributed by atoms with E-state index >= 15 is 0 Å². The molecule has 10 heavy (non-hydrogen) atoms. The Bertz CT molecular complexity index is 200. The van der Waals surface area contributed by atoms with Gasteiger partial charge in [-0.3, -0.25) is 9.35 Å². The predicted molar refractivity (Wildman–Crippen MR) is 29.3 cm³/mol. The summed E-state index contributed by atoms with van der Waals surface area (Å²) in [6.45, 7) is 1.05. The molecule has 0 aliphatic heterocycles. The van der Waals surface area contributed by atoms with Gasteiger partial charge in [-0.1, -0.05) is 0 Å². The van der Waals surface area contributed by atoms with E-state index in [4.69, 9.17) is 4.55 Å². The summed E-state index contributed by atoms with van der Waals surface area (Å²) in [6.07, 6.45) is 0. The number of carbonyl (C=O) groups is 1. The minimum Gasteiger partial charge on any atom is -1.00 e. The minimum absolute atomic E-state index is 0. The van der Waals surface area contributed by atoms with Gasteiger partial charge in [0.25, 0.3) is 0 Å². The summed E-state index contributed by atoms with van der Waals surface area (Å²) in [5.74, 6) is -1.71. The molecule has 1 N–H and O–H groups in total. The minimum atomic E-state index is -4.16. The van der Waals surface area contributed by atoms with Crippen LogP contribution in [0.1, 0.15) is 8.35 Å². The maximum Gasteiger partial charge on any atom is 1.00 e. The van der Waals surface area contributed by atoms with Gasteiger partial charge in [-0.25, -0.2) is 0 Å². The molecule has 0 amide bonds. The molecule has 0 unspecified atom stereocenters. The molecule has 5 nitrogen and oxygen atoms in total. The Balaban J connectivity index is -0.000000320. The van der Waals surface area contributed by atoms with Crippen molar-refractivity contribution in [2.45, 2.75) is 6.92 Å². The topological polar surface area (TPSA) is 80.7 Å². The summed E-state index contributed by atoms with van der Waals surface area (Å²) >= 11 is 0. The van der Waals surface area contributed by atoms with Gasteiger partial charge in [0.2, 0.25) is 5.94 Å². The molecule has 0 aliphatic rings. The van der Waals surface area contributed by atoms with Gasteiger partial charge in [0.05, 0.1) is 0 Å². The largest absolute Gasteiger partial charge is 1.00 e. The second kappa shape index (κ2) is 4.74. The van der Waals surface area contributed by atoms with Crippen molar-refractivity contribution < 1.29 is 42.8 Å². The second-order valence-corrected chi connectivity index (χ2v) is 2.74. The Kier molecular flexibility index (Phi) is 5.99. The van der Waals surface area contributed by atoms with E-state index in [1.807, 2.05) is 0 Å². The Morgan fingerprint density at radius 1 is 1.70 bits per heavy atom. The monoisotopic (exact) mass is 162 g/mol. The normalized spacial score (nSPS) is 9.80. The molecule has 0 rings (SSSR count). The van der Waals surface area contributed by atoms with Crippen molar-refractivity contribution in [2.24, 2.45) is 0 Å². The van der Waals surface area contributed by atoms with Gasteiger partial charge in [-0.2, -0.15) is 8.42 Å². The Labute approximate surface area is 72.2 Å². The average Bonchev–Trinajstić information content (AvgIpc) is 1.59. The zero-order chi connectivity index (χ0) is 7.49. The molecule has 56 valence electrons. The summed E-state index contributed by atoms with van der Waals surface area (Å²) in [7, 11) is -4.16. The molecule has 0 saturated carbocycles. The molecule has 7 heteroatoms. The third-order valence-electron chi connectivity index (χ3n) is 0.411. The standard InChI is InChI=1S/C3H6O5S.Li.H/c1-3(4)8-2-9(5,6)7;;/h2H2,1H3,(H,5,6,7);;/q;+1;-1. The zero-order valence-corrected chi connectivity index (χ0v) is 6.51. The van der Waals surface area contributed by atoms with E-state index in [0.717, 1.165) is 6.92 Å². The van der Waals surface area contributed by atoms with Gasteiger partial charge < -0.3 is 6.16 Å². The van der Waals surface area contributed by atoms with Crippen LogP contribution in [0.25, 0.3) is 0 Å². The van der Waals surface area contributed by atoms with Crippen LogP contribution >= 0.6 is 0 Å². The van der Waals surface area contributed by atoms with Crippen LogP contribution in [0.5, 0.6) is 0 Å². The molecule has 0 heterocycles. The Morgan fingerprint density at radius 3 is 2.20 bits per heavy atom. The fourth-order valence-corrected chi connectivity index (χ4v) is 0.472. The number of hydrogen-bond acceptors (Lipinski definition) is 4. The van der Waals surface area contributed by atoms with Gasteiger partial charge in [0.15, 0.2) is 0 Å². The third kappa shape index (κ3) is 10.9. The second-order valence-electron chi connectivity index (χ2n) is 1.34. The number of carbonyl (C=O) groups excluding carboxylic acids is 1. The first-order valence-electron chi connectivity index (χ1n) is 2.00. The molecular formula is C3H7LiO5S. The molecule has 0 spiro atoms. The molecule has 0 radical (unpaired) electrons. The molecule has 0 atom stereocenters. The molecule has 0 aromatic heterocycles. The van der Waals surface area contributed by atoms with E-state index in [2.05, 4.69) is 4.74 Å². The number of esters is 1. The summed E-state index contributed by atoms with van der Waals surface area (Å²) < 4.78 is 31.5. The first-order chi connectivity index (χ1) is 3.92. The van der Waals surface area contributed by atoms with Crippen LogP contribution in [0.4, 0.5) is 0 Å². The predicted octanol–water partition coefficient (Wildman–Crippen LogP) is -3.49. The maximum atomic E-state index is 9.89. The van der Waals surface area contributed by atoms with Crippen molar-refractivity contribution in [1.29, 1.82) is 0 Å². The number of ether oxygens (including phenoxy) is 1. The van der Waals surface area contributed by atoms with E-state index in [-0.39, 0.29) is 20.3 Å². The van der Waals surface area contributed by atoms with Crippen molar-refractivity contribution in [1.82, 2.24) is 0 Å². The van der Waals surface area contributed by atoms with Crippen LogP contribution < -0.4 is 18.9 Å². The summed E-state index contributed by atoms with van der Waals surface area (Å²) in [5.41, 5.74) is 0. The fourth-order valence-electron chi connectivity index (χ4n) is 0.157. The van der Waals surface area contributed by atoms with Crippen molar-refractivity contribution >= 4 is 16.1 Å². The van der Waals surface area contributed by atoms with Gasteiger partial charge in [-0.15, -0.1) is 0 Å². The van der Waals surface area contributed by atoms with E-state index < -0.39 is 22.0 Å². The van der Waals surface area contributed by atoms with Crippen LogP contribution in [0, 0.1) is 0 Å². The third-order valence-corrected chi connectivity index (χ3v) is 0.827. The summed E-state index contributed by atoms with van der Waals surface area (Å²) in [6, 6.07) is 0. The van der Waals surface area contributed by atoms with E-state index in [1.54, 1.807) is 0 Å². The Morgan fingerprint density at radius 2 is 2.10 bits per heavy atom. The van der Waals surface area contributed by atoms with Crippen LogP contribution in [-0.4, -0.2) is 24.9 Å². The Hall–Kier alpha value is -0.0226. The first kappa shape index (κ1) is 12.6. The zero-order valence-electron chi connectivity index (χ0n) is 6.70. The van der Waals surface area contributed by atoms with Crippen molar-refractivity contribution in [3.8, 4) is 0 Å². The van der Waals surface area contributed by atoms with Crippen LogP contribution in [0.3, 0.4) is 0 Å². The average molecular weight is 162 g/mol. The SMILES string of the molecule is CC(=O)OCS(=O)(=O)O.[H-].[Li+]. The summed E-state index contributed by atoms with van der Waals surface area (Å²) in [5, 5.41) is 0.